The topological polar surface area (TPSA) is 78.1 Å². The van der Waals surface area contributed by atoms with E-state index >= 15 is 0 Å². The van der Waals surface area contributed by atoms with Gasteiger partial charge >= 0.3 is 6.18 Å². The van der Waals surface area contributed by atoms with Crippen molar-refractivity contribution in [2.24, 2.45) is 0 Å². The molecular weight excluding hydrogens is 393 g/mol. The number of ether oxygens (including phenoxy) is 3. The molecule has 1 aliphatic carbocycles. The molecule has 1 atom stereocenters. The Balaban J connectivity index is 1.51. The molecule has 1 saturated heterocycles. The lowest BCUT2D eigenvalue weighted by Crippen LogP contribution is -2.30. The zero-order valence-corrected chi connectivity index (χ0v) is 15.5. The third-order valence-corrected chi connectivity index (χ3v) is 4.73. The second-order valence-electron chi connectivity index (χ2n) is 7.33. The van der Waals surface area contributed by atoms with E-state index in [9.17, 15) is 18.0 Å². The van der Waals surface area contributed by atoms with Crippen molar-refractivity contribution < 1.29 is 37.0 Å². The third-order valence-electron chi connectivity index (χ3n) is 4.73. The summed E-state index contributed by atoms with van der Waals surface area (Å²) in [6.45, 7) is -0.772. The summed E-state index contributed by atoms with van der Waals surface area (Å²) in [5, 5.41) is 2.76. The van der Waals surface area contributed by atoms with Crippen LogP contribution in [0.2, 0.25) is 0 Å². The Morgan fingerprint density at radius 2 is 2.10 bits per heavy atom. The van der Waals surface area contributed by atoms with Crippen molar-refractivity contribution >= 4 is 11.6 Å². The summed E-state index contributed by atoms with van der Waals surface area (Å²) in [4.78, 5) is 17.5. The number of hydrogen-bond donors (Lipinski definition) is 2. The second-order valence-corrected chi connectivity index (χ2v) is 7.33. The molecule has 29 heavy (non-hydrogen) atoms. The van der Waals surface area contributed by atoms with Gasteiger partial charge in [-0.05, 0) is 37.1 Å². The molecule has 2 fully saturated rings. The van der Waals surface area contributed by atoms with Gasteiger partial charge in [-0.25, -0.2) is 0 Å². The van der Waals surface area contributed by atoms with E-state index in [1.807, 2.05) is 6.08 Å². The molecule has 1 saturated carbocycles. The zero-order chi connectivity index (χ0) is 20.5. The van der Waals surface area contributed by atoms with Crippen LogP contribution in [0.4, 0.5) is 13.2 Å². The normalized spacial score (nSPS) is 23.6. The maximum atomic E-state index is 12.6. The van der Waals surface area contributed by atoms with Crippen molar-refractivity contribution in [1.82, 2.24) is 10.8 Å². The summed E-state index contributed by atoms with van der Waals surface area (Å²) in [7, 11) is 0. The third kappa shape index (κ3) is 5.13. The molecule has 1 spiro atoms. The van der Waals surface area contributed by atoms with Crippen molar-refractivity contribution in [2.45, 2.75) is 37.1 Å². The lowest BCUT2D eigenvalue weighted by molar-refractivity contribution is -0.153. The quantitative estimate of drug-likeness (QED) is 0.713. The monoisotopic (exact) mass is 414 g/mol. The second kappa shape index (κ2) is 7.75. The van der Waals surface area contributed by atoms with Crippen molar-refractivity contribution in [2.75, 3.05) is 26.4 Å². The van der Waals surface area contributed by atoms with Crippen molar-refractivity contribution in [3.8, 4) is 11.5 Å². The molecule has 1 amide bonds. The lowest BCUT2D eigenvalue weighted by atomic mass is 10.0. The number of carbonyl (C=O) groups excluding carboxylic acids is 1. The van der Waals surface area contributed by atoms with Crippen LogP contribution in [0.5, 0.6) is 11.5 Å². The summed E-state index contributed by atoms with van der Waals surface area (Å²) in [5.74, 6) is -0.379. The van der Waals surface area contributed by atoms with Gasteiger partial charge in [-0.1, -0.05) is 0 Å². The first-order valence-electron chi connectivity index (χ1n) is 9.33. The minimum Gasteiger partial charge on any atom is -0.480 e. The number of rotatable bonds is 7. The van der Waals surface area contributed by atoms with Crippen LogP contribution in [-0.4, -0.2) is 50.2 Å². The van der Waals surface area contributed by atoms with Gasteiger partial charge in [-0.3, -0.25) is 15.1 Å². The highest BCUT2D eigenvalue weighted by atomic mass is 19.4. The molecule has 2 N–H and O–H groups in total. The Bertz CT molecular complexity index is 802. The number of carbonyl (C=O) groups is 1. The average Bonchev–Trinajstić information content (AvgIpc) is 3.21. The number of hydroxylamine groups is 1. The Hall–Kier alpha value is -2.46. The van der Waals surface area contributed by atoms with E-state index in [-0.39, 0.29) is 30.1 Å². The van der Waals surface area contributed by atoms with Gasteiger partial charge in [0.25, 0.3) is 5.91 Å². The molecule has 0 radical (unpaired) electrons. The Labute approximate surface area is 165 Å². The summed E-state index contributed by atoms with van der Waals surface area (Å²) >= 11 is 0. The van der Waals surface area contributed by atoms with E-state index in [0.717, 1.165) is 12.8 Å². The number of benzene rings is 1. The maximum absolute atomic E-state index is 12.6. The van der Waals surface area contributed by atoms with Gasteiger partial charge in [-0.2, -0.15) is 13.2 Å². The van der Waals surface area contributed by atoms with Gasteiger partial charge < -0.3 is 19.5 Å². The molecule has 1 aromatic carbocycles. The minimum atomic E-state index is -4.49. The zero-order valence-electron chi connectivity index (χ0n) is 15.5. The molecule has 2 heterocycles. The summed E-state index contributed by atoms with van der Waals surface area (Å²) in [6, 6.07) is 4.66. The Morgan fingerprint density at radius 3 is 2.79 bits per heavy atom. The van der Waals surface area contributed by atoms with Gasteiger partial charge in [0.05, 0.1) is 12.3 Å². The highest BCUT2D eigenvalue weighted by Crippen LogP contribution is 2.36. The van der Waals surface area contributed by atoms with E-state index in [2.05, 4.69) is 10.8 Å². The van der Waals surface area contributed by atoms with Crippen LogP contribution >= 0.6 is 0 Å². The molecule has 1 unspecified atom stereocenters. The van der Waals surface area contributed by atoms with E-state index in [1.54, 1.807) is 6.07 Å². The minimum absolute atomic E-state index is 0.0454. The number of nitrogens with one attached hydrogen (secondary N) is 2. The predicted octanol–water partition coefficient (Wildman–Crippen LogP) is 2.32. The first-order valence-corrected chi connectivity index (χ1v) is 9.33. The number of hydrogen-bond acceptors (Lipinski definition) is 6. The van der Waals surface area contributed by atoms with E-state index in [1.165, 1.54) is 12.1 Å². The Kier molecular flexibility index (Phi) is 5.30. The SMILES string of the molecule is O=C(COc1cc(C2=CC3(CCOC3)ON2)ccc1OCC(F)(F)F)NC1CC1. The molecular formula is C19H21F3N2O5. The van der Waals surface area contributed by atoms with Crippen LogP contribution in [0, 0.1) is 0 Å². The molecule has 0 aromatic heterocycles. The number of alkyl halides is 3. The van der Waals surface area contributed by atoms with Crippen LogP contribution in [-0.2, 0) is 14.4 Å². The van der Waals surface area contributed by atoms with Gasteiger partial charge in [0, 0.05) is 24.6 Å². The van der Waals surface area contributed by atoms with Crippen molar-refractivity contribution in [3.05, 3.63) is 29.8 Å². The van der Waals surface area contributed by atoms with Gasteiger partial charge in [0.2, 0.25) is 0 Å². The summed E-state index contributed by atoms with van der Waals surface area (Å²) in [6.07, 6.45) is -0.0629. The predicted molar refractivity (Wildman–Crippen MR) is 95.0 cm³/mol. The van der Waals surface area contributed by atoms with Gasteiger partial charge in [-0.15, -0.1) is 0 Å². The van der Waals surface area contributed by atoms with E-state index < -0.39 is 18.4 Å². The molecule has 2 aliphatic heterocycles. The first-order chi connectivity index (χ1) is 13.8. The van der Waals surface area contributed by atoms with Crippen LogP contribution in [0.3, 0.4) is 0 Å². The molecule has 3 aliphatic rings. The fraction of sp³-hybridized carbons (Fsp3) is 0.526. The first kappa shape index (κ1) is 19.8. The Morgan fingerprint density at radius 1 is 1.28 bits per heavy atom. The van der Waals surface area contributed by atoms with Crippen LogP contribution in [0.1, 0.15) is 24.8 Å². The summed E-state index contributed by atoms with van der Waals surface area (Å²) < 4.78 is 53.4. The fourth-order valence-electron chi connectivity index (χ4n) is 3.08. The number of halogens is 3. The highest BCUT2D eigenvalue weighted by molar-refractivity contribution is 5.78. The van der Waals surface area contributed by atoms with Crippen LogP contribution < -0.4 is 20.3 Å². The van der Waals surface area contributed by atoms with Gasteiger partial charge in [0.15, 0.2) is 24.7 Å². The molecule has 158 valence electrons. The standard InChI is InChI=1S/C19H21F3N2O5/c20-19(21,22)11-28-15-4-1-12(14-8-18(29-24-14)5-6-26-10-18)7-16(15)27-9-17(25)23-13-2-3-13/h1,4,7-8,13,24H,2-3,5-6,9-11H2,(H,23,25). The largest absolute Gasteiger partial charge is 0.480 e. The average molecular weight is 414 g/mol. The van der Waals surface area contributed by atoms with E-state index in [0.29, 0.717) is 30.9 Å². The molecule has 10 heteroatoms. The highest BCUT2D eigenvalue weighted by Gasteiger charge is 2.39. The molecule has 4 rings (SSSR count). The lowest BCUT2D eigenvalue weighted by Gasteiger charge is -2.16. The van der Waals surface area contributed by atoms with Gasteiger partial charge in [0.1, 0.15) is 5.60 Å². The van der Waals surface area contributed by atoms with Crippen LogP contribution in [0.25, 0.3) is 5.70 Å². The maximum Gasteiger partial charge on any atom is 0.422 e. The molecule has 7 nitrogen and oxygen atoms in total. The fourth-order valence-corrected chi connectivity index (χ4v) is 3.08. The van der Waals surface area contributed by atoms with Crippen molar-refractivity contribution in [3.63, 3.8) is 0 Å². The number of amides is 1. The molecule has 0 bridgehead atoms. The smallest absolute Gasteiger partial charge is 0.422 e. The van der Waals surface area contributed by atoms with Crippen molar-refractivity contribution in [1.29, 1.82) is 0 Å². The summed E-state index contributed by atoms with van der Waals surface area (Å²) in [5.41, 5.74) is 3.56. The van der Waals surface area contributed by atoms with E-state index in [4.69, 9.17) is 19.0 Å². The van der Waals surface area contributed by atoms with Crippen LogP contribution in [0.15, 0.2) is 24.3 Å². The molecule has 1 aromatic rings.